The second-order valence-corrected chi connectivity index (χ2v) is 8.00. The second-order valence-electron chi connectivity index (χ2n) is 8.00. The van der Waals surface area contributed by atoms with Crippen LogP contribution in [0.15, 0.2) is 52.9 Å². The average Bonchev–Trinajstić information content (AvgIpc) is 3.45. The molecule has 8 heteroatoms. The Morgan fingerprint density at radius 3 is 2.42 bits per heavy atom. The van der Waals surface area contributed by atoms with Gasteiger partial charge >= 0.3 is 6.18 Å². The zero-order valence-electron chi connectivity index (χ0n) is 16.4. The lowest BCUT2D eigenvalue weighted by Gasteiger charge is -2.26. The molecule has 3 aliphatic rings. The molecule has 0 unspecified atom stereocenters. The Morgan fingerprint density at radius 2 is 1.65 bits per heavy atom. The van der Waals surface area contributed by atoms with Crippen LogP contribution in [0.25, 0.3) is 0 Å². The summed E-state index contributed by atoms with van der Waals surface area (Å²) in [6.45, 7) is 2.21. The van der Waals surface area contributed by atoms with Crippen molar-refractivity contribution in [3.05, 3.63) is 71.2 Å². The summed E-state index contributed by atoms with van der Waals surface area (Å²) in [5.74, 6) is 1.38. The van der Waals surface area contributed by atoms with Crippen LogP contribution in [0.3, 0.4) is 0 Å². The normalized spacial score (nSPS) is 21.2. The summed E-state index contributed by atoms with van der Waals surface area (Å²) in [7, 11) is 0. The van der Waals surface area contributed by atoms with Crippen molar-refractivity contribution in [3.63, 3.8) is 0 Å². The van der Waals surface area contributed by atoms with Gasteiger partial charge in [0.2, 0.25) is 5.76 Å². The summed E-state index contributed by atoms with van der Waals surface area (Å²) in [5.41, 5.74) is 2.59. The molecule has 0 amide bonds. The molecule has 3 aliphatic heterocycles. The van der Waals surface area contributed by atoms with Crippen molar-refractivity contribution in [2.45, 2.75) is 18.1 Å². The summed E-state index contributed by atoms with van der Waals surface area (Å²) < 4.78 is 61.5. The van der Waals surface area contributed by atoms with Crippen molar-refractivity contribution in [2.75, 3.05) is 31.3 Å². The number of rotatable bonds is 2. The Morgan fingerprint density at radius 1 is 0.871 bits per heavy atom. The Bertz CT molecular complexity index is 1170. The average molecular weight is 429 g/mol. The second kappa shape index (κ2) is 6.35. The number of benzene rings is 2. The molecule has 0 N–H and O–H groups in total. The van der Waals surface area contributed by atoms with Crippen LogP contribution >= 0.6 is 0 Å². The molecule has 4 heterocycles. The highest BCUT2D eigenvalue weighted by atomic mass is 19.4. The van der Waals surface area contributed by atoms with Crippen LogP contribution in [-0.2, 0) is 18.1 Å². The predicted octanol–water partition coefficient (Wildman–Crippen LogP) is 4.77. The Labute approximate surface area is 175 Å². The van der Waals surface area contributed by atoms with Gasteiger partial charge in [-0.25, -0.2) is 0 Å². The topological polar surface area (TPSA) is 44.1 Å². The number of halogens is 3. The van der Waals surface area contributed by atoms with Crippen molar-refractivity contribution in [3.8, 4) is 17.2 Å². The standard InChI is InChI=1S/C23H18F3NO4/c24-23(25,26)21-6-5-14(31-21)11-27-12-22(15-3-1-2-4-17(15)27)13-30-18-10-20-19(9-16(18)22)28-7-8-29-20/h1-6,9-10H,7-8,11-13H2/t22-/m0/s1. The van der Waals surface area contributed by atoms with Gasteiger partial charge in [-0.3, -0.25) is 0 Å². The van der Waals surface area contributed by atoms with E-state index in [9.17, 15) is 13.2 Å². The van der Waals surface area contributed by atoms with E-state index in [1.807, 2.05) is 41.3 Å². The fraction of sp³-hybridized carbons (Fsp3) is 0.304. The van der Waals surface area contributed by atoms with E-state index in [1.54, 1.807) is 0 Å². The van der Waals surface area contributed by atoms with Gasteiger partial charge in [0.15, 0.2) is 11.5 Å². The summed E-state index contributed by atoms with van der Waals surface area (Å²) >= 11 is 0. The van der Waals surface area contributed by atoms with Crippen LogP contribution in [0.5, 0.6) is 17.2 Å². The monoisotopic (exact) mass is 429 g/mol. The van der Waals surface area contributed by atoms with E-state index in [0.29, 0.717) is 37.9 Å². The van der Waals surface area contributed by atoms with Crippen LogP contribution < -0.4 is 19.1 Å². The van der Waals surface area contributed by atoms with E-state index in [4.69, 9.17) is 18.6 Å². The van der Waals surface area contributed by atoms with E-state index in [1.165, 1.54) is 6.07 Å². The van der Waals surface area contributed by atoms with E-state index in [2.05, 4.69) is 0 Å². The molecule has 0 fully saturated rings. The van der Waals surface area contributed by atoms with Crippen LogP contribution in [0.1, 0.15) is 22.6 Å². The van der Waals surface area contributed by atoms with Gasteiger partial charge in [-0.05, 0) is 29.8 Å². The molecule has 5 nitrogen and oxygen atoms in total. The lowest BCUT2D eigenvalue weighted by molar-refractivity contribution is -0.153. The van der Waals surface area contributed by atoms with E-state index >= 15 is 0 Å². The quantitative estimate of drug-likeness (QED) is 0.587. The fourth-order valence-electron chi connectivity index (χ4n) is 4.79. The third kappa shape index (κ3) is 2.77. The number of ether oxygens (including phenoxy) is 3. The largest absolute Gasteiger partial charge is 0.492 e. The summed E-state index contributed by atoms with van der Waals surface area (Å²) in [4.78, 5) is 2.05. The maximum Gasteiger partial charge on any atom is 0.449 e. The molecular formula is C23H18F3NO4. The number of hydrogen-bond acceptors (Lipinski definition) is 5. The van der Waals surface area contributed by atoms with Gasteiger partial charge < -0.3 is 23.5 Å². The summed E-state index contributed by atoms with van der Waals surface area (Å²) in [6.07, 6.45) is -4.50. The highest BCUT2D eigenvalue weighted by Gasteiger charge is 2.50. The SMILES string of the molecule is FC(F)(F)c1ccc(CN2C[C@]3(COc4cc5c(cc43)OCCO5)c3ccccc32)o1. The lowest BCUT2D eigenvalue weighted by atomic mass is 9.77. The molecule has 0 saturated heterocycles. The summed E-state index contributed by atoms with van der Waals surface area (Å²) in [5, 5.41) is 0. The van der Waals surface area contributed by atoms with Crippen molar-refractivity contribution < 1.29 is 31.8 Å². The maximum absolute atomic E-state index is 13.0. The fourth-order valence-corrected chi connectivity index (χ4v) is 4.79. The molecule has 0 radical (unpaired) electrons. The highest BCUT2D eigenvalue weighted by molar-refractivity contribution is 5.70. The van der Waals surface area contributed by atoms with Crippen molar-refractivity contribution in [1.29, 1.82) is 0 Å². The Hall–Kier alpha value is -3.29. The zero-order chi connectivity index (χ0) is 21.2. The molecule has 1 spiro atoms. The van der Waals surface area contributed by atoms with Gasteiger partial charge in [-0.2, -0.15) is 13.2 Å². The number of alkyl halides is 3. The Kier molecular flexibility index (Phi) is 3.79. The van der Waals surface area contributed by atoms with Crippen LogP contribution in [0.2, 0.25) is 0 Å². The molecule has 1 aromatic heterocycles. The molecule has 0 saturated carbocycles. The van der Waals surface area contributed by atoms with Gasteiger partial charge in [0.05, 0.1) is 12.0 Å². The number of furan rings is 1. The molecule has 160 valence electrons. The minimum Gasteiger partial charge on any atom is -0.492 e. The van der Waals surface area contributed by atoms with Crippen molar-refractivity contribution in [1.82, 2.24) is 0 Å². The zero-order valence-corrected chi connectivity index (χ0v) is 16.4. The van der Waals surface area contributed by atoms with E-state index < -0.39 is 17.4 Å². The van der Waals surface area contributed by atoms with Gasteiger partial charge in [0.1, 0.15) is 31.3 Å². The minimum absolute atomic E-state index is 0.231. The molecule has 1 atom stereocenters. The summed E-state index contributed by atoms with van der Waals surface area (Å²) in [6, 6.07) is 14.1. The number of para-hydroxylation sites is 1. The van der Waals surface area contributed by atoms with Gasteiger partial charge in [-0.15, -0.1) is 0 Å². The molecule has 2 aromatic carbocycles. The van der Waals surface area contributed by atoms with E-state index in [0.717, 1.165) is 28.6 Å². The van der Waals surface area contributed by atoms with Crippen LogP contribution in [0.4, 0.5) is 18.9 Å². The van der Waals surface area contributed by atoms with Crippen LogP contribution in [-0.4, -0.2) is 26.4 Å². The van der Waals surface area contributed by atoms with Gasteiger partial charge in [0, 0.05) is 23.9 Å². The predicted molar refractivity (Wildman–Crippen MR) is 105 cm³/mol. The first-order valence-corrected chi connectivity index (χ1v) is 10.0. The highest BCUT2D eigenvalue weighted by Crippen LogP contribution is 2.54. The molecular weight excluding hydrogens is 411 g/mol. The first-order chi connectivity index (χ1) is 14.9. The van der Waals surface area contributed by atoms with Crippen LogP contribution in [0, 0.1) is 0 Å². The Balaban J connectivity index is 1.39. The smallest absolute Gasteiger partial charge is 0.449 e. The van der Waals surface area contributed by atoms with E-state index in [-0.39, 0.29) is 12.3 Å². The third-order valence-corrected chi connectivity index (χ3v) is 6.14. The third-order valence-electron chi connectivity index (χ3n) is 6.14. The number of anilines is 1. The number of nitrogens with zero attached hydrogens (tertiary/aromatic N) is 1. The minimum atomic E-state index is -4.50. The first kappa shape index (κ1) is 18.5. The number of hydrogen-bond donors (Lipinski definition) is 0. The molecule has 3 aromatic rings. The molecule has 0 bridgehead atoms. The maximum atomic E-state index is 13.0. The van der Waals surface area contributed by atoms with Gasteiger partial charge in [0.25, 0.3) is 0 Å². The molecule has 0 aliphatic carbocycles. The lowest BCUT2D eigenvalue weighted by Crippen LogP contribution is -2.35. The van der Waals surface area contributed by atoms with Crippen molar-refractivity contribution in [2.24, 2.45) is 0 Å². The molecule has 6 rings (SSSR count). The molecule has 31 heavy (non-hydrogen) atoms. The van der Waals surface area contributed by atoms with Crippen molar-refractivity contribution >= 4 is 5.69 Å². The number of fused-ring (bicyclic) bond motifs is 5. The van der Waals surface area contributed by atoms with Gasteiger partial charge in [-0.1, -0.05) is 18.2 Å². The first-order valence-electron chi connectivity index (χ1n) is 10.0.